The largest absolute Gasteiger partial charge is 0.454 e. The maximum atomic E-state index is 13.1. The van der Waals surface area contributed by atoms with E-state index in [0.29, 0.717) is 44.2 Å². The van der Waals surface area contributed by atoms with E-state index in [1.165, 1.54) is 11.3 Å². The molecule has 5 heterocycles. The maximum absolute atomic E-state index is 13.1. The molecule has 3 aliphatic heterocycles. The molecule has 11 heteroatoms. The van der Waals surface area contributed by atoms with Gasteiger partial charge in [-0.15, -0.1) is 11.3 Å². The average molecular weight is 535 g/mol. The SMILES string of the molecule is O=C(NCc1ccc2c(c1)OCO2)c1csc(C2CCN(C(=O)N3CCN(c4ccccn4)CC3)CC2)n1. The smallest absolute Gasteiger partial charge is 0.320 e. The van der Waals surface area contributed by atoms with Gasteiger partial charge < -0.3 is 29.5 Å². The molecule has 0 spiro atoms. The zero-order valence-corrected chi connectivity index (χ0v) is 21.9. The van der Waals surface area contributed by atoms with Crippen LogP contribution in [0.15, 0.2) is 48.0 Å². The minimum absolute atomic E-state index is 0.117. The number of ether oxygens (including phenoxy) is 2. The van der Waals surface area contributed by atoms with E-state index in [4.69, 9.17) is 9.47 Å². The molecule has 0 radical (unpaired) electrons. The van der Waals surface area contributed by atoms with Crippen molar-refractivity contribution in [1.82, 2.24) is 25.1 Å². The number of rotatable bonds is 5. The molecule has 2 fully saturated rings. The summed E-state index contributed by atoms with van der Waals surface area (Å²) in [5.74, 6) is 2.46. The summed E-state index contributed by atoms with van der Waals surface area (Å²) in [6.45, 7) is 5.00. The highest BCUT2D eigenvalue weighted by Crippen LogP contribution is 2.33. The Morgan fingerprint density at radius 3 is 2.55 bits per heavy atom. The lowest BCUT2D eigenvalue weighted by Gasteiger charge is -2.39. The number of carbonyl (C=O) groups excluding carboxylic acids is 2. The van der Waals surface area contributed by atoms with Crippen molar-refractivity contribution < 1.29 is 19.1 Å². The summed E-state index contributed by atoms with van der Waals surface area (Å²) in [6.07, 6.45) is 3.51. The molecule has 1 N–H and O–H groups in total. The van der Waals surface area contributed by atoms with Crippen molar-refractivity contribution in [3.05, 3.63) is 64.2 Å². The summed E-state index contributed by atoms with van der Waals surface area (Å²) in [6, 6.07) is 11.7. The molecule has 0 bridgehead atoms. The molecule has 0 unspecified atom stereocenters. The van der Waals surface area contributed by atoms with Crippen LogP contribution in [-0.2, 0) is 6.54 Å². The van der Waals surface area contributed by atoms with E-state index in [0.717, 1.165) is 48.1 Å². The number of pyridine rings is 1. The summed E-state index contributed by atoms with van der Waals surface area (Å²) in [4.78, 5) is 41.0. The molecule has 2 saturated heterocycles. The molecule has 2 aromatic heterocycles. The van der Waals surface area contributed by atoms with Crippen molar-refractivity contribution in [3.63, 3.8) is 0 Å². The number of piperazine rings is 1. The zero-order chi connectivity index (χ0) is 25.9. The van der Waals surface area contributed by atoms with Gasteiger partial charge in [0.2, 0.25) is 6.79 Å². The second-order valence-electron chi connectivity index (χ2n) is 9.65. The van der Waals surface area contributed by atoms with Crippen LogP contribution >= 0.6 is 11.3 Å². The Hall–Kier alpha value is -3.86. The molecule has 3 amide bonds. The molecule has 0 atom stereocenters. The maximum Gasteiger partial charge on any atom is 0.320 e. The lowest BCUT2D eigenvalue weighted by Crippen LogP contribution is -2.54. The first-order chi connectivity index (χ1) is 18.6. The van der Waals surface area contributed by atoms with Crippen molar-refractivity contribution >= 4 is 29.1 Å². The van der Waals surface area contributed by atoms with Gasteiger partial charge >= 0.3 is 6.03 Å². The van der Waals surface area contributed by atoms with Crippen molar-refractivity contribution in [3.8, 4) is 11.5 Å². The zero-order valence-electron chi connectivity index (χ0n) is 21.0. The molecule has 1 aromatic carbocycles. The summed E-state index contributed by atoms with van der Waals surface area (Å²) >= 11 is 1.52. The van der Waals surface area contributed by atoms with Crippen LogP contribution in [0.2, 0.25) is 0 Å². The second-order valence-corrected chi connectivity index (χ2v) is 10.5. The predicted octanol–water partition coefficient (Wildman–Crippen LogP) is 3.32. The number of anilines is 1. The van der Waals surface area contributed by atoms with Gasteiger partial charge in [0, 0.05) is 63.3 Å². The van der Waals surface area contributed by atoms with Crippen LogP contribution in [-0.4, -0.2) is 77.8 Å². The first-order valence-electron chi connectivity index (χ1n) is 13.0. The van der Waals surface area contributed by atoms with Crippen LogP contribution in [0.25, 0.3) is 0 Å². The second kappa shape index (κ2) is 10.9. The Kier molecular flexibility index (Phi) is 7.00. The minimum atomic E-state index is -0.192. The van der Waals surface area contributed by atoms with E-state index in [-0.39, 0.29) is 24.6 Å². The van der Waals surface area contributed by atoms with E-state index in [9.17, 15) is 9.59 Å². The molecule has 10 nitrogen and oxygen atoms in total. The molecule has 6 rings (SSSR count). The lowest BCUT2D eigenvalue weighted by atomic mass is 9.98. The number of amides is 3. The number of hydrogen-bond donors (Lipinski definition) is 1. The Morgan fingerprint density at radius 1 is 0.974 bits per heavy atom. The van der Waals surface area contributed by atoms with Gasteiger partial charge in [0.25, 0.3) is 5.91 Å². The van der Waals surface area contributed by atoms with E-state index in [1.54, 1.807) is 6.20 Å². The third kappa shape index (κ3) is 5.24. The Labute approximate surface area is 225 Å². The molecular formula is C27H30N6O4S. The van der Waals surface area contributed by atoms with E-state index in [2.05, 4.69) is 20.2 Å². The Balaban J connectivity index is 0.966. The quantitative estimate of drug-likeness (QED) is 0.536. The molecule has 3 aliphatic rings. The topological polar surface area (TPSA) is 100 Å². The molecule has 0 aliphatic carbocycles. The number of aromatic nitrogens is 2. The van der Waals surface area contributed by atoms with Crippen LogP contribution in [0.3, 0.4) is 0 Å². The molecule has 38 heavy (non-hydrogen) atoms. The number of benzene rings is 1. The van der Waals surface area contributed by atoms with E-state index in [1.807, 2.05) is 51.6 Å². The van der Waals surface area contributed by atoms with Crippen LogP contribution < -0.4 is 19.7 Å². The van der Waals surface area contributed by atoms with Crippen LogP contribution in [0.5, 0.6) is 11.5 Å². The molecule has 0 saturated carbocycles. The molecular weight excluding hydrogens is 504 g/mol. The Morgan fingerprint density at radius 2 is 1.76 bits per heavy atom. The summed E-state index contributed by atoms with van der Waals surface area (Å²) in [7, 11) is 0. The van der Waals surface area contributed by atoms with Gasteiger partial charge in [0.15, 0.2) is 11.5 Å². The standard InChI is InChI=1S/C27H30N6O4S/c34-25(29-16-19-4-5-22-23(15-19)37-18-36-22)21-17-38-26(30-21)20-6-9-32(10-7-20)27(35)33-13-11-31(12-14-33)24-3-1-2-8-28-24/h1-5,8,15,17,20H,6-7,9-14,16,18H2,(H,29,34). The molecule has 3 aromatic rings. The van der Waals surface area contributed by atoms with Crippen LogP contribution in [0.1, 0.15) is 39.8 Å². The first-order valence-corrected chi connectivity index (χ1v) is 13.8. The molecule has 198 valence electrons. The van der Waals surface area contributed by atoms with Crippen molar-refractivity contribution in [2.24, 2.45) is 0 Å². The fourth-order valence-electron chi connectivity index (χ4n) is 5.09. The number of nitrogens with one attached hydrogen (secondary N) is 1. The highest BCUT2D eigenvalue weighted by molar-refractivity contribution is 7.09. The van der Waals surface area contributed by atoms with Crippen molar-refractivity contribution in [1.29, 1.82) is 0 Å². The van der Waals surface area contributed by atoms with Crippen molar-refractivity contribution in [2.45, 2.75) is 25.3 Å². The number of fused-ring (bicyclic) bond motifs is 1. The van der Waals surface area contributed by atoms with Gasteiger partial charge in [-0.1, -0.05) is 12.1 Å². The van der Waals surface area contributed by atoms with Gasteiger partial charge in [0.1, 0.15) is 11.5 Å². The van der Waals surface area contributed by atoms with Gasteiger partial charge in [-0.3, -0.25) is 4.79 Å². The normalized spacial score (nSPS) is 17.5. The monoisotopic (exact) mass is 534 g/mol. The van der Waals surface area contributed by atoms with Gasteiger partial charge in [-0.25, -0.2) is 14.8 Å². The number of nitrogens with zero attached hydrogens (tertiary/aromatic N) is 5. The fourth-order valence-corrected chi connectivity index (χ4v) is 6.06. The number of urea groups is 1. The summed E-state index contributed by atoms with van der Waals surface area (Å²) in [5.41, 5.74) is 1.38. The van der Waals surface area contributed by atoms with Crippen molar-refractivity contribution in [2.75, 3.05) is 51.0 Å². The highest BCUT2D eigenvalue weighted by atomic mass is 32.1. The minimum Gasteiger partial charge on any atom is -0.454 e. The summed E-state index contributed by atoms with van der Waals surface area (Å²) < 4.78 is 10.7. The van der Waals surface area contributed by atoms with E-state index >= 15 is 0 Å². The third-order valence-corrected chi connectivity index (χ3v) is 8.29. The van der Waals surface area contributed by atoms with E-state index < -0.39 is 0 Å². The number of piperidine rings is 1. The number of thiazole rings is 1. The number of carbonyl (C=O) groups is 2. The van der Waals surface area contributed by atoms with Gasteiger partial charge in [-0.05, 0) is 42.7 Å². The lowest BCUT2D eigenvalue weighted by molar-refractivity contribution is 0.0946. The van der Waals surface area contributed by atoms with Gasteiger partial charge in [-0.2, -0.15) is 0 Å². The number of hydrogen-bond acceptors (Lipinski definition) is 8. The van der Waals surface area contributed by atoms with Crippen LogP contribution in [0.4, 0.5) is 10.6 Å². The predicted molar refractivity (Wildman–Crippen MR) is 143 cm³/mol. The van der Waals surface area contributed by atoms with Crippen LogP contribution in [0, 0.1) is 0 Å². The van der Waals surface area contributed by atoms with Gasteiger partial charge in [0.05, 0.1) is 5.01 Å². The highest BCUT2D eigenvalue weighted by Gasteiger charge is 2.30. The fraction of sp³-hybridized carbons (Fsp3) is 0.407. The Bertz CT molecular complexity index is 1290. The first kappa shape index (κ1) is 24.5. The summed E-state index contributed by atoms with van der Waals surface area (Å²) in [5, 5.41) is 5.73. The number of likely N-dealkylation sites (tertiary alicyclic amines) is 1. The average Bonchev–Trinajstić information content (AvgIpc) is 3.66. The third-order valence-electron chi connectivity index (χ3n) is 7.28.